The van der Waals surface area contributed by atoms with Crippen molar-refractivity contribution in [2.45, 2.75) is 51.9 Å². The molecule has 1 aliphatic carbocycles. The van der Waals surface area contributed by atoms with Crippen LogP contribution >= 0.6 is 17.0 Å². The van der Waals surface area contributed by atoms with Gasteiger partial charge >= 0.3 is 37.9 Å². The summed E-state index contributed by atoms with van der Waals surface area (Å²) >= 11 is -0.826. The van der Waals surface area contributed by atoms with Crippen LogP contribution in [-0.2, 0) is 20.8 Å². The normalized spacial score (nSPS) is 15.3. The van der Waals surface area contributed by atoms with Gasteiger partial charge in [0.2, 0.25) is 0 Å². The molecule has 0 atom stereocenters. The second-order valence-corrected chi connectivity index (χ2v) is 15.2. The number of aryl methyl sites for hydroxylation is 1. The van der Waals surface area contributed by atoms with Gasteiger partial charge in [-0.2, -0.15) is 0 Å². The minimum atomic E-state index is -1.50. The van der Waals surface area contributed by atoms with Gasteiger partial charge in [-0.25, -0.2) is 0 Å². The molecule has 21 heavy (non-hydrogen) atoms. The quantitative estimate of drug-likeness (QED) is 0.560. The molecular weight excluding hydrogens is 400 g/mol. The Morgan fingerprint density at radius 3 is 2.29 bits per heavy atom. The zero-order chi connectivity index (χ0) is 16.0. The van der Waals surface area contributed by atoms with E-state index < -0.39 is 28.9 Å². The van der Waals surface area contributed by atoms with Gasteiger partial charge in [-0.1, -0.05) is 31.3 Å². The SMILES string of the molecule is Cc1cc(C=NC2CCC2)c(O)c([Si](C)(C)C)c1.[Cl][Zr][Cl]. The molecule has 1 fully saturated rings. The molecule has 1 aromatic rings. The molecule has 1 aromatic carbocycles. The van der Waals surface area contributed by atoms with Gasteiger partial charge < -0.3 is 5.11 Å². The molecule has 0 spiro atoms. The van der Waals surface area contributed by atoms with Crippen LogP contribution in [0.5, 0.6) is 5.75 Å². The summed E-state index contributed by atoms with van der Waals surface area (Å²) in [5.41, 5.74) is 2.10. The first kappa shape index (κ1) is 19.4. The van der Waals surface area contributed by atoms with E-state index in [0.29, 0.717) is 11.8 Å². The molecule has 0 unspecified atom stereocenters. The van der Waals surface area contributed by atoms with Crippen molar-refractivity contribution in [1.82, 2.24) is 0 Å². The van der Waals surface area contributed by atoms with Crippen molar-refractivity contribution >= 4 is 36.5 Å². The van der Waals surface area contributed by atoms with E-state index in [1.165, 1.54) is 24.8 Å². The van der Waals surface area contributed by atoms with Crippen LogP contribution < -0.4 is 5.19 Å². The van der Waals surface area contributed by atoms with E-state index in [4.69, 9.17) is 17.0 Å². The molecule has 116 valence electrons. The van der Waals surface area contributed by atoms with Crippen molar-refractivity contribution in [3.05, 3.63) is 23.3 Å². The first-order valence-electron chi connectivity index (χ1n) is 7.13. The second kappa shape index (κ2) is 8.86. The van der Waals surface area contributed by atoms with E-state index in [0.717, 1.165) is 10.8 Å². The Labute approximate surface area is 147 Å². The van der Waals surface area contributed by atoms with Gasteiger partial charge in [0.1, 0.15) is 5.75 Å². The van der Waals surface area contributed by atoms with Gasteiger partial charge in [-0.15, -0.1) is 0 Å². The number of benzene rings is 1. The van der Waals surface area contributed by atoms with E-state index >= 15 is 0 Å². The maximum atomic E-state index is 10.4. The summed E-state index contributed by atoms with van der Waals surface area (Å²) in [6, 6.07) is 4.64. The van der Waals surface area contributed by atoms with Gasteiger partial charge in [-0.05, 0) is 37.4 Å². The molecule has 0 saturated heterocycles. The minimum absolute atomic E-state index is 0.447. The van der Waals surface area contributed by atoms with Crippen LogP contribution in [0.2, 0.25) is 19.6 Å². The van der Waals surface area contributed by atoms with Crippen LogP contribution in [-0.4, -0.2) is 25.4 Å². The standard InChI is InChI=1S/C15H23NOSi.2ClH.Zr/c1-11-8-12(10-16-13-6-5-7-13)15(17)14(9-11)18(2,3)4;;;/h8-10,13,17H,5-7H2,1-4H3;2*1H;/q;;;+2/p-2. The van der Waals surface area contributed by atoms with Crippen molar-refractivity contribution in [3.63, 3.8) is 0 Å². The second-order valence-electron chi connectivity index (χ2n) is 6.43. The Kier molecular flexibility index (Phi) is 8.19. The average molecular weight is 424 g/mol. The van der Waals surface area contributed by atoms with E-state index in [9.17, 15) is 5.11 Å². The van der Waals surface area contributed by atoms with Crippen molar-refractivity contribution < 1.29 is 26.0 Å². The topological polar surface area (TPSA) is 32.6 Å². The summed E-state index contributed by atoms with van der Waals surface area (Å²) in [7, 11) is 8.36. The molecule has 6 heteroatoms. The molecule has 0 aromatic heterocycles. The number of phenols is 1. The third-order valence-electron chi connectivity index (χ3n) is 3.59. The summed E-state index contributed by atoms with van der Waals surface area (Å²) in [6.45, 7) is 8.86. The average Bonchev–Trinajstić information content (AvgIpc) is 2.30. The van der Waals surface area contributed by atoms with Crippen molar-refractivity contribution in [3.8, 4) is 5.75 Å². The first-order chi connectivity index (χ1) is 9.79. The van der Waals surface area contributed by atoms with Gasteiger partial charge in [0, 0.05) is 17.8 Å². The Bertz CT molecular complexity index is 499. The number of hydrogen-bond acceptors (Lipinski definition) is 2. The summed E-state index contributed by atoms with van der Waals surface area (Å²) in [5.74, 6) is 0.447. The maximum absolute atomic E-state index is 10.4. The summed E-state index contributed by atoms with van der Waals surface area (Å²) in [6.07, 6.45) is 5.56. The summed E-state index contributed by atoms with van der Waals surface area (Å²) in [4.78, 5) is 4.56. The number of aromatic hydroxyl groups is 1. The predicted octanol–water partition coefficient (Wildman–Crippen LogP) is 4.59. The molecule has 1 N–H and O–H groups in total. The molecular formula is C15H23Cl2NOSiZr. The Hall–Kier alpha value is 0.370. The molecule has 0 amide bonds. The van der Waals surface area contributed by atoms with Gasteiger partial charge in [0.15, 0.2) is 0 Å². The fourth-order valence-electron chi connectivity index (χ4n) is 2.20. The van der Waals surface area contributed by atoms with Crippen molar-refractivity contribution in [2.24, 2.45) is 4.99 Å². The zero-order valence-electron chi connectivity index (χ0n) is 13.1. The summed E-state index contributed by atoms with van der Waals surface area (Å²) in [5, 5.41) is 11.5. The summed E-state index contributed by atoms with van der Waals surface area (Å²) < 4.78 is 0. The monoisotopic (exact) mass is 421 g/mol. The third kappa shape index (κ3) is 6.17. The van der Waals surface area contributed by atoms with Gasteiger partial charge in [0.25, 0.3) is 0 Å². The van der Waals surface area contributed by atoms with E-state index in [1.54, 1.807) is 0 Å². The molecule has 0 heterocycles. The number of hydrogen-bond donors (Lipinski definition) is 1. The zero-order valence-corrected chi connectivity index (χ0v) is 18.1. The van der Waals surface area contributed by atoms with Crippen LogP contribution in [0.25, 0.3) is 0 Å². The van der Waals surface area contributed by atoms with Crippen LogP contribution in [0.4, 0.5) is 0 Å². The third-order valence-corrected chi connectivity index (χ3v) is 5.59. The molecule has 1 saturated carbocycles. The van der Waals surface area contributed by atoms with Gasteiger partial charge in [0.05, 0.1) is 8.07 Å². The van der Waals surface area contributed by atoms with E-state index in [1.807, 2.05) is 12.3 Å². The van der Waals surface area contributed by atoms with Crippen molar-refractivity contribution in [2.75, 3.05) is 0 Å². The first-order valence-corrected chi connectivity index (χ1v) is 17.0. The Balaban J connectivity index is 0.000000677. The van der Waals surface area contributed by atoms with Crippen LogP contribution in [0, 0.1) is 6.92 Å². The fraction of sp³-hybridized carbons (Fsp3) is 0.533. The van der Waals surface area contributed by atoms with Crippen LogP contribution in [0.3, 0.4) is 0 Å². The van der Waals surface area contributed by atoms with Crippen molar-refractivity contribution in [1.29, 1.82) is 0 Å². The van der Waals surface area contributed by atoms with E-state index in [2.05, 4.69) is 37.6 Å². The van der Waals surface area contributed by atoms with Crippen LogP contribution in [0.15, 0.2) is 17.1 Å². The number of nitrogens with zero attached hydrogens (tertiary/aromatic N) is 1. The van der Waals surface area contributed by atoms with Crippen LogP contribution in [0.1, 0.15) is 30.4 Å². The van der Waals surface area contributed by atoms with E-state index in [-0.39, 0.29) is 0 Å². The number of halogens is 2. The molecule has 2 rings (SSSR count). The van der Waals surface area contributed by atoms with Gasteiger partial charge in [-0.3, -0.25) is 4.99 Å². The Morgan fingerprint density at radius 1 is 1.29 bits per heavy atom. The molecule has 2 nitrogen and oxygen atoms in total. The molecule has 0 bridgehead atoms. The molecule has 1 aliphatic rings. The molecule has 0 radical (unpaired) electrons. The molecule has 0 aliphatic heterocycles. The predicted molar refractivity (Wildman–Crippen MR) is 92.8 cm³/mol. The fourth-order valence-corrected chi connectivity index (χ4v) is 3.71. The Morgan fingerprint density at radius 2 is 1.86 bits per heavy atom. The number of rotatable bonds is 3. The number of aliphatic imine (C=N–C) groups is 1. The number of phenolic OH excluding ortho intramolecular Hbond substituents is 1.